The maximum absolute atomic E-state index is 5.36. The molecule has 0 amide bonds. The Balaban J connectivity index is 1.46. The number of nitrogens with zero attached hydrogens (tertiary/aromatic N) is 2. The number of imidazole rings is 1. The van der Waals surface area contributed by atoms with Crippen LogP contribution in [-0.2, 0) is 6.54 Å². The van der Waals surface area contributed by atoms with Crippen LogP contribution in [0.2, 0.25) is 0 Å². The molecule has 0 fully saturated rings. The minimum Gasteiger partial charge on any atom is -0.362 e. The number of rotatable bonds is 5. The van der Waals surface area contributed by atoms with Crippen LogP contribution in [0.15, 0.2) is 48.8 Å². The second-order valence-corrected chi connectivity index (χ2v) is 6.37. The normalized spacial score (nSPS) is 10.8. The third-order valence-corrected chi connectivity index (χ3v) is 4.40. The highest BCUT2D eigenvalue weighted by Gasteiger charge is 2.02. The highest BCUT2D eigenvalue weighted by atomic mass is 32.1. The third kappa shape index (κ3) is 3.92. The highest BCUT2D eigenvalue weighted by molar-refractivity contribution is 7.80. The van der Waals surface area contributed by atoms with Crippen LogP contribution in [0.3, 0.4) is 0 Å². The second kappa shape index (κ2) is 7.45. The molecule has 1 aromatic heterocycles. The highest BCUT2D eigenvalue weighted by Crippen LogP contribution is 2.14. The van der Waals surface area contributed by atoms with Crippen molar-refractivity contribution in [1.82, 2.24) is 14.9 Å². The Kier molecular flexibility index (Phi) is 5.11. The zero-order valence-electron chi connectivity index (χ0n) is 14.0. The molecule has 3 rings (SSSR count). The van der Waals surface area contributed by atoms with Crippen molar-refractivity contribution in [2.75, 3.05) is 11.9 Å². The van der Waals surface area contributed by atoms with Gasteiger partial charge in [0, 0.05) is 18.8 Å². The number of fused-ring (bicyclic) bond motifs is 1. The molecule has 0 saturated carbocycles. The van der Waals surface area contributed by atoms with E-state index in [1.54, 1.807) is 0 Å². The molecular formula is C19H22N4S. The molecule has 0 aliphatic heterocycles. The van der Waals surface area contributed by atoms with Crippen LogP contribution >= 0.6 is 12.2 Å². The van der Waals surface area contributed by atoms with E-state index in [2.05, 4.69) is 52.2 Å². The van der Waals surface area contributed by atoms with Crippen molar-refractivity contribution in [3.63, 3.8) is 0 Å². The molecule has 24 heavy (non-hydrogen) atoms. The molecule has 4 nitrogen and oxygen atoms in total. The third-order valence-electron chi connectivity index (χ3n) is 4.15. The van der Waals surface area contributed by atoms with Crippen LogP contribution in [0.5, 0.6) is 0 Å². The van der Waals surface area contributed by atoms with Crippen molar-refractivity contribution in [1.29, 1.82) is 0 Å². The first-order chi connectivity index (χ1) is 11.6. The maximum Gasteiger partial charge on any atom is 0.170 e. The van der Waals surface area contributed by atoms with E-state index in [9.17, 15) is 0 Å². The molecule has 0 aliphatic carbocycles. The Labute approximate surface area is 147 Å². The number of para-hydroxylation sites is 2. The van der Waals surface area contributed by atoms with Crippen molar-refractivity contribution < 1.29 is 0 Å². The number of aromatic nitrogens is 2. The molecule has 2 aromatic carbocycles. The van der Waals surface area contributed by atoms with Gasteiger partial charge in [-0.2, -0.15) is 0 Å². The number of hydrogen-bond donors (Lipinski definition) is 2. The molecule has 0 saturated heterocycles. The van der Waals surface area contributed by atoms with E-state index in [0.717, 1.165) is 30.7 Å². The number of benzene rings is 2. The van der Waals surface area contributed by atoms with E-state index in [1.807, 2.05) is 30.6 Å². The first kappa shape index (κ1) is 16.5. The quantitative estimate of drug-likeness (QED) is 0.544. The van der Waals surface area contributed by atoms with Crippen molar-refractivity contribution in [2.24, 2.45) is 0 Å². The fraction of sp³-hybridized carbons (Fsp3) is 0.263. The summed E-state index contributed by atoms with van der Waals surface area (Å²) in [5.41, 5.74) is 5.78. The van der Waals surface area contributed by atoms with Crippen molar-refractivity contribution in [3.05, 3.63) is 59.9 Å². The lowest BCUT2D eigenvalue weighted by molar-refractivity contribution is 0.645. The first-order valence-corrected chi connectivity index (χ1v) is 8.56. The van der Waals surface area contributed by atoms with Gasteiger partial charge in [-0.3, -0.25) is 0 Å². The monoisotopic (exact) mass is 338 g/mol. The second-order valence-electron chi connectivity index (χ2n) is 5.96. The van der Waals surface area contributed by atoms with Gasteiger partial charge in [-0.15, -0.1) is 0 Å². The topological polar surface area (TPSA) is 41.9 Å². The van der Waals surface area contributed by atoms with Gasteiger partial charge >= 0.3 is 0 Å². The Morgan fingerprint density at radius 2 is 1.96 bits per heavy atom. The number of aryl methyl sites for hydroxylation is 3. The molecule has 3 aromatic rings. The summed E-state index contributed by atoms with van der Waals surface area (Å²) in [5.74, 6) is 0. The minimum absolute atomic E-state index is 0.661. The average Bonchev–Trinajstić information content (AvgIpc) is 2.98. The predicted molar refractivity (Wildman–Crippen MR) is 104 cm³/mol. The molecule has 0 atom stereocenters. The van der Waals surface area contributed by atoms with E-state index >= 15 is 0 Å². The minimum atomic E-state index is 0.661. The lowest BCUT2D eigenvalue weighted by atomic mass is 10.1. The van der Waals surface area contributed by atoms with Crippen LogP contribution in [-0.4, -0.2) is 21.2 Å². The summed E-state index contributed by atoms with van der Waals surface area (Å²) in [6.07, 6.45) is 2.88. The van der Waals surface area contributed by atoms with Crippen LogP contribution in [0.4, 0.5) is 5.69 Å². The van der Waals surface area contributed by atoms with Gasteiger partial charge in [0.05, 0.1) is 17.4 Å². The van der Waals surface area contributed by atoms with E-state index in [-0.39, 0.29) is 0 Å². The zero-order chi connectivity index (χ0) is 16.9. The maximum atomic E-state index is 5.36. The molecule has 2 N–H and O–H groups in total. The summed E-state index contributed by atoms with van der Waals surface area (Å²) < 4.78 is 2.18. The molecule has 0 unspecified atom stereocenters. The molecule has 0 bridgehead atoms. The van der Waals surface area contributed by atoms with Gasteiger partial charge in [0.15, 0.2) is 5.11 Å². The smallest absolute Gasteiger partial charge is 0.170 e. The molecular weight excluding hydrogens is 316 g/mol. The van der Waals surface area contributed by atoms with E-state index in [4.69, 9.17) is 12.2 Å². The van der Waals surface area contributed by atoms with E-state index in [0.29, 0.717) is 5.11 Å². The van der Waals surface area contributed by atoms with Crippen LogP contribution in [0.25, 0.3) is 11.0 Å². The lowest BCUT2D eigenvalue weighted by Crippen LogP contribution is -2.29. The van der Waals surface area contributed by atoms with E-state index in [1.165, 1.54) is 16.6 Å². The Morgan fingerprint density at radius 3 is 2.79 bits per heavy atom. The fourth-order valence-corrected chi connectivity index (χ4v) is 2.85. The van der Waals surface area contributed by atoms with Crippen molar-refractivity contribution >= 4 is 34.1 Å². The van der Waals surface area contributed by atoms with Crippen LogP contribution in [0.1, 0.15) is 17.5 Å². The average molecular weight is 338 g/mol. The number of anilines is 1. The summed E-state index contributed by atoms with van der Waals surface area (Å²) in [6, 6.07) is 14.5. The van der Waals surface area contributed by atoms with Crippen LogP contribution < -0.4 is 10.6 Å². The summed E-state index contributed by atoms with van der Waals surface area (Å²) in [5, 5.41) is 7.16. The Hall–Kier alpha value is -2.40. The SMILES string of the molecule is Cc1ccc(NC(=S)NCCCn2cnc3ccccc32)cc1C. The predicted octanol–water partition coefficient (Wildman–Crippen LogP) is 4.03. The molecule has 0 radical (unpaired) electrons. The molecule has 0 spiro atoms. The van der Waals surface area contributed by atoms with Gasteiger partial charge in [0.1, 0.15) is 0 Å². The number of nitrogens with one attached hydrogen (secondary N) is 2. The van der Waals surface area contributed by atoms with Gasteiger partial charge in [-0.25, -0.2) is 4.98 Å². The Bertz CT molecular complexity index is 853. The zero-order valence-corrected chi connectivity index (χ0v) is 14.9. The van der Waals surface area contributed by atoms with Crippen molar-refractivity contribution in [3.8, 4) is 0 Å². The van der Waals surface area contributed by atoms with Gasteiger partial charge in [0.2, 0.25) is 0 Å². The molecule has 0 aliphatic rings. The summed E-state index contributed by atoms with van der Waals surface area (Å²) in [4.78, 5) is 4.41. The van der Waals surface area contributed by atoms with Gasteiger partial charge in [-0.1, -0.05) is 18.2 Å². The van der Waals surface area contributed by atoms with Crippen molar-refractivity contribution in [2.45, 2.75) is 26.8 Å². The first-order valence-electron chi connectivity index (χ1n) is 8.15. The fourth-order valence-electron chi connectivity index (χ4n) is 2.63. The number of thiocarbonyl (C=S) groups is 1. The van der Waals surface area contributed by atoms with Gasteiger partial charge in [0.25, 0.3) is 0 Å². The summed E-state index contributed by atoms with van der Waals surface area (Å²) in [6.45, 7) is 5.95. The standard InChI is InChI=1S/C19H22N4S/c1-14-8-9-16(12-15(14)2)22-19(24)20-10-5-11-23-13-21-17-6-3-4-7-18(17)23/h3-4,6-9,12-13H,5,10-11H2,1-2H3,(H2,20,22,24). The van der Waals surface area contributed by atoms with Gasteiger partial charge in [-0.05, 0) is 67.9 Å². The van der Waals surface area contributed by atoms with Crippen LogP contribution in [0, 0.1) is 13.8 Å². The van der Waals surface area contributed by atoms with E-state index < -0.39 is 0 Å². The van der Waals surface area contributed by atoms with Gasteiger partial charge < -0.3 is 15.2 Å². The molecule has 5 heteroatoms. The lowest BCUT2D eigenvalue weighted by Gasteiger charge is -2.12. The molecule has 1 heterocycles. The Morgan fingerprint density at radius 1 is 1.12 bits per heavy atom. The summed E-state index contributed by atoms with van der Waals surface area (Å²) >= 11 is 5.36. The number of hydrogen-bond acceptors (Lipinski definition) is 2. The summed E-state index contributed by atoms with van der Waals surface area (Å²) in [7, 11) is 0. The largest absolute Gasteiger partial charge is 0.362 e. The molecule has 124 valence electrons.